The molecule has 0 amide bonds. The lowest BCUT2D eigenvalue weighted by Crippen LogP contribution is -2.55. The molecule has 3 heteroatoms. The Balaban J connectivity index is 2.05. The summed E-state index contributed by atoms with van der Waals surface area (Å²) in [5.74, 6) is 0.551. The van der Waals surface area contributed by atoms with Crippen LogP contribution < -0.4 is 0 Å². The summed E-state index contributed by atoms with van der Waals surface area (Å²) in [5.41, 5.74) is 1.49. The van der Waals surface area contributed by atoms with Gasteiger partial charge in [0.15, 0.2) is 0 Å². The van der Waals surface area contributed by atoms with Crippen LogP contribution in [0.3, 0.4) is 0 Å². The second-order valence-electron chi connectivity index (χ2n) is 8.90. The maximum Gasteiger partial charge on any atom is 0.126 e. The van der Waals surface area contributed by atoms with Crippen molar-refractivity contribution < 1.29 is 5.11 Å². The van der Waals surface area contributed by atoms with Crippen LogP contribution in [0.1, 0.15) is 44.2 Å². The van der Waals surface area contributed by atoms with Crippen LogP contribution in [0.4, 0.5) is 0 Å². The number of aliphatic hydroxyl groups is 1. The van der Waals surface area contributed by atoms with Gasteiger partial charge in [-0.25, -0.2) is 0 Å². The van der Waals surface area contributed by atoms with Gasteiger partial charge in [0.1, 0.15) is 5.60 Å². The normalized spacial score (nSPS) is 27.9. The van der Waals surface area contributed by atoms with Gasteiger partial charge in [-0.3, -0.25) is 0 Å². The molecule has 2 aliphatic rings. The fourth-order valence-corrected chi connectivity index (χ4v) is 5.94. The molecule has 0 spiro atoms. The van der Waals surface area contributed by atoms with Gasteiger partial charge < -0.3 is 10.1 Å². The van der Waals surface area contributed by atoms with Crippen molar-refractivity contribution in [2.24, 2.45) is 21.8 Å². The highest BCUT2D eigenvalue weighted by Crippen LogP contribution is 2.71. The van der Waals surface area contributed by atoms with Crippen molar-refractivity contribution in [3.63, 3.8) is 0 Å². The monoisotopic (exact) mass is 362 g/mol. The van der Waals surface area contributed by atoms with Crippen LogP contribution in [0, 0.1) is 16.7 Å². The third-order valence-corrected chi connectivity index (χ3v) is 7.24. The highest BCUT2D eigenvalue weighted by atomic mass is 16.3. The van der Waals surface area contributed by atoms with Gasteiger partial charge in [-0.05, 0) is 41.7 Å². The number of rotatable bonds is 4. The van der Waals surface area contributed by atoms with Gasteiger partial charge in [0.25, 0.3) is 0 Å². The Morgan fingerprint density at radius 2 is 1.48 bits per heavy atom. The average molecular weight is 363 g/mol. The van der Waals surface area contributed by atoms with Crippen molar-refractivity contribution >= 4 is 5.71 Å². The zero-order valence-electron chi connectivity index (χ0n) is 16.8. The topological polar surface area (TPSA) is 35.8 Å². The minimum atomic E-state index is -1.11. The minimum Gasteiger partial charge on any atom is -0.379 e. The molecule has 0 aliphatic heterocycles. The zero-order valence-corrected chi connectivity index (χ0v) is 16.8. The predicted octanol–water partition coefficient (Wildman–Crippen LogP) is 4.67. The molecular weight excluding hydrogens is 332 g/mol. The first kappa shape index (κ1) is 18.2. The molecule has 1 N–H and O–H groups in total. The van der Waals surface area contributed by atoms with E-state index in [1.54, 1.807) is 0 Å². The Labute approximate surface area is 162 Å². The smallest absolute Gasteiger partial charge is 0.126 e. The Morgan fingerprint density at radius 3 is 1.93 bits per heavy atom. The van der Waals surface area contributed by atoms with E-state index in [-0.39, 0.29) is 5.41 Å². The van der Waals surface area contributed by atoms with E-state index in [1.165, 1.54) is 0 Å². The molecule has 0 radical (unpaired) electrons. The Bertz CT molecular complexity index is 802. The number of benzene rings is 2. The molecule has 142 valence electrons. The first-order chi connectivity index (χ1) is 12.8. The highest BCUT2D eigenvalue weighted by Gasteiger charge is 2.71. The first-order valence-corrected chi connectivity index (χ1v) is 9.93. The SMILES string of the molecule is CN(C)/N=C1\C[C@H]2CC[C@]1(C(O)(c1ccccc1)c1ccccc1)C2(C)C. The number of hydrogen-bond acceptors (Lipinski definition) is 3. The number of hydrazone groups is 1. The molecule has 2 bridgehead atoms. The second-order valence-corrected chi connectivity index (χ2v) is 8.90. The van der Waals surface area contributed by atoms with Crippen molar-refractivity contribution in [1.29, 1.82) is 0 Å². The molecule has 2 aromatic carbocycles. The summed E-state index contributed by atoms with van der Waals surface area (Å²) in [6.07, 6.45) is 3.06. The van der Waals surface area contributed by atoms with Crippen LogP contribution in [0.2, 0.25) is 0 Å². The summed E-state index contributed by atoms with van der Waals surface area (Å²) in [5, 5.41) is 19.5. The molecular formula is C24H30N2O. The molecule has 2 aromatic rings. The maximum absolute atomic E-state index is 12.7. The first-order valence-electron chi connectivity index (χ1n) is 9.93. The van der Waals surface area contributed by atoms with E-state index in [9.17, 15) is 5.11 Å². The van der Waals surface area contributed by atoms with E-state index < -0.39 is 11.0 Å². The summed E-state index contributed by atoms with van der Waals surface area (Å²) in [7, 11) is 3.95. The Hall–Kier alpha value is -2.13. The molecule has 0 saturated heterocycles. The molecule has 2 atom stereocenters. The van der Waals surface area contributed by atoms with Crippen LogP contribution in [-0.2, 0) is 5.60 Å². The number of nitrogens with zero attached hydrogens (tertiary/aromatic N) is 2. The van der Waals surface area contributed by atoms with Crippen molar-refractivity contribution in [2.45, 2.75) is 38.7 Å². The third kappa shape index (κ3) is 2.34. The second kappa shape index (κ2) is 6.20. The minimum absolute atomic E-state index is 0.0394. The molecule has 0 heterocycles. The van der Waals surface area contributed by atoms with E-state index in [0.717, 1.165) is 36.1 Å². The summed E-state index contributed by atoms with van der Waals surface area (Å²) < 4.78 is 0. The van der Waals surface area contributed by atoms with E-state index in [1.807, 2.05) is 55.5 Å². The van der Waals surface area contributed by atoms with Gasteiger partial charge >= 0.3 is 0 Å². The van der Waals surface area contributed by atoms with E-state index in [0.29, 0.717) is 5.92 Å². The van der Waals surface area contributed by atoms with Crippen molar-refractivity contribution in [1.82, 2.24) is 5.01 Å². The number of fused-ring (bicyclic) bond motifs is 2. The van der Waals surface area contributed by atoms with Gasteiger partial charge in [0.2, 0.25) is 0 Å². The number of hydrogen-bond donors (Lipinski definition) is 1. The lowest BCUT2D eigenvalue weighted by Gasteiger charge is -2.51. The lowest BCUT2D eigenvalue weighted by molar-refractivity contribution is -0.0636. The van der Waals surface area contributed by atoms with Crippen molar-refractivity contribution in [3.05, 3.63) is 71.8 Å². The van der Waals surface area contributed by atoms with Crippen LogP contribution >= 0.6 is 0 Å². The summed E-state index contributed by atoms with van der Waals surface area (Å²) in [6, 6.07) is 20.4. The van der Waals surface area contributed by atoms with Gasteiger partial charge in [-0.2, -0.15) is 5.10 Å². The molecule has 0 aromatic heterocycles. The molecule has 2 fully saturated rings. The van der Waals surface area contributed by atoms with Crippen LogP contribution in [-0.4, -0.2) is 29.9 Å². The van der Waals surface area contributed by atoms with Crippen LogP contribution in [0.15, 0.2) is 65.8 Å². The lowest BCUT2D eigenvalue weighted by atomic mass is 9.55. The Morgan fingerprint density at radius 1 is 0.963 bits per heavy atom. The van der Waals surface area contributed by atoms with E-state index >= 15 is 0 Å². The predicted molar refractivity (Wildman–Crippen MR) is 111 cm³/mol. The van der Waals surface area contributed by atoms with Gasteiger partial charge in [-0.15, -0.1) is 0 Å². The van der Waals surface area contributed by atoms with Crippen molar-refractivity contribution in [3.8, 4) is 0 Å². The zero-order chi connectivity index (χ0) is 19.3. The maximum atomic E-state index is 12.7. The standard InChI is InChI=1S/C24H30N2O/c1-22(2)20-15-16-23(22,21(17-20)25-26(3)4)24(27,18-11-7-5-8-12-18)19-13-9-6-10-14-19/h5-14,20,27H,15-17H2,1-4H3/b25-21+/t20-,23-/m1/s1. The van der Waals surface area contributed by atoms with Crippen molar-refractivity contribution in [2.75, 3.05) is 14.1 Å². The molecule has 3 nitrogen and oxygen atoms in total. The summed E-state index contributed by atoms with van der Waals surface area (Å²) >= 11 is 0. The molecule has 0 unspecified atom stereocenters. The van der Waals surface area contributed by atoms with Gasteiger partial charge in [0.05, 0.1) is 5.41 Å². The largest absolute Gasteiger partial charge is 0.379 e. The quantitative estimate of drug-likeness (QED) is 0.803. The van der Waals surface area contributed by atoms with E-state index in [4.69, 9.17) is 5.10 Å². The molecule has 2 aliphatic carbocycles. The third-order valence-electron chi connectivity index (χ3n) is 7.24. The van der Waals surface area contributed by atoms with Gasteiger partial charge in [-0.1, -0.05) is 74.5 Å². The molecule has 2 saturated carbocycles. The Kier molecular flexibility index (Phi) is 4.19. The summed E-state index contributed by atoms with van der Waals surface area (Å²) in [6.45, 7) is 4.67. The molecule has 4 rings (SSSR count). The van der Waals surface area contributed by atoms with Crippen LogP contribution in [0.5, 0.6) is 0 Å². The summed E-state index contributed by atoms with van der Waals surface area (Å²) in [4.78, 5) is 0. The average Bonchev–Trinajstić information content (AvgIpc) is 3.05. The highest BCUT2D eigenvalue weighted by molar-refractivity contribution is 5.96. The molecule has 27 heavy (non-hydrogen) atoms. The van der Waals surface area contributed by atoms with Crippen LogP contribution in [0.25, 0.3) is 0 Å². The fourth-order valence-electron chi connectivity index (χ4n) is 5.94. The van der Waals surface area contributed by atoms with Gasteiger partial charge in [0, 0.05) is 19.8 Å². The van der Waals surface area contributed by atoms with E-state index in [2.05, 4.69) is 38.1 Å². The fraction of sp³-hybridized carbons (Fsp3) is 0.458.